The lowest BCUT2D eigenvalue weighted by molar-refractivity contribution is -0.147. The third kappa shape index (κ3) is 3.43. The van der Waals surface area contributed by atoms with Crippen LogP contribution in [-0.2, 0) is 16.1 Å². The summed E-state index contributed by atoms with van der Waals surface area (Å²) in [5.41, 5.74) is -0.122. The second-order valence-corrected chi connectivity index (χ2v) is 6.89. The van der Waals surface area contributed by atoms with Crippen molar-refractivity contribution in [2.24, 2.45) is 0 Å². The van der Waals surface area contributed by atoms with Crippen LogP contribution in [0.1, 0.15) is 26.7 Å². The summed E-state index contributed by atoms with van der Waals surface area (Å²) in [6, 6.07) is 14.2. The van der Waals surface area contributed by atoms with E-state index in [4.69, 9.17) is 0 Å². The first-order valence-corrected chi connectivity index (χ1v) is 8.92. The van der Waals surface area contributed by atoms with Crippen LogP contribution in [0.15, 0.2) is 53.3 Å². The second kappa shape index (κ2) is 7.23. The van der Waals surface area contributed by atoms with Gasteiger partial charge in [0.05, 0.1) is 11.0 Å². The van der Waals surface area contributed by atoms with E-state index in [1.807, 2.05) is 19.1 Å². The first-order valence-electron chi connectivity index (χ1n) is 8.92. The fourth-order valence-electron chi connectivity index (χ4n) is 3.46. The number of carbonyl (C=O) groups is 2. The number of pyridine rings is 1. The number of hydrogen-bond acceptors (Lipinski definition) is 3. The van der Waals surface area contributed by atoms with Gasteiger partial charge in [0.2, 0.25) is 5.91 Å². The minimum atomic E-state index is -1.32. The van der Waals surface area contributed by atoms with Gasteiger partial charge in [-0.05, 0) is 37.6 Å². The van der Waals surface area contributed by atoms with Gasteiger partial charge in [-0.3, -0.25) is 9.59 Å². The highest BCUT2D eigenvalue weighted by atomic mass is 16.4. The summed E-state index contributed by atoms with van der Waals surface area (Å²) in [7, 11) is 0. The topological polar surface area (TPSA) is 88.4 Å². The maximum Gasteiger partial charge on any atom is 0.329 e. The number of nitrogens with zero attached hydrogens (tertiary/aromatic N) is 1. The van der Waals surface area contributed by atoms with Gasteiger partial charge in [0.1, 0.15) is 12.1 Å². The predicted octanol–water partition coefficient (Wildman–Crippen LogP) is 2.91. The lowest BCUT2D eigenvalue weighted by Crippen LogP contribution is -2.53. The van der Waals surface area contributed by atoms with Gasteiger partial charge in [-0.1, -0.05) is 37.6 Å². The van der Waals surface area contributed by atoms with Crippen LogP contribution >= 0.6 is 0 Å². The summed E-state index contributed by atoms with van der Waals surface area (Å²) in [6.07, 6.45) is 0.965. The number of aromatic nitrogens is 1. The molecule has 1 unspecified atom stereocenters. The molecule has 0 fully saturated rings. The molecule has 3 aromatic rings. The molecule has 2 N–H and O–H groups in total. The number of carboxylic acid groups (broad SMARTS) is 1. The van der Waals surface area contributed by atoms with Crippen molar-refractivity contribution in [3.8, 4) is 0 Å². The van der Waals surface area contributed by atoms with E-state index in [0.717, 1.165) is 0 Å². The highest BCUT2D eigenvalue weighted by Crippen LogP contribution is 2.19. The van der Waals surface area contributed by atoms with Crippen molar-refractivity contribution in [1.29, 1.82) is 0 Å². The van der Waals surface area contributed by atoms with Crippen LogP contribution in [0, 0.1) is 0 Å². The summed E-state index contributed by atoms with van der Waals surface area (Å²) >= 11 is 0. The molecule has 6 nitrogen and oxygen atoms in total. The number of para-hydroxylation sites is 2. The number of aliphatic carboxylic acids is 1. The van der Waals surface area contributed by atoms with E-state index in [1.54, 1.807) is 41.0 Å². The van der Waals surface area contributed by atoms with Gasteiger partial charge in [0.15, 0.2) is 5.43 Å². The number of carboxylic acids is 1. The monoisotopic (exact) mass is 366 g/mol. The quantitative estimate of drug-likeness (QED) is 0.657. The first kappa shape index (κ1) is 18.6. The largest absolute Gasteiger partial charge is 0.480 e. The molecule has 0 saturated heterocycles. The standard InChI is InChI=1S/C21H22N2O4/c1-3-12-21(2,20(26)27)22-18(24)13-23-16-10-6-4-8-14(16)19(25)15-9-5-7-11-17(15)23/h4-11H,3,12-13H2,1-2H3,(H,22,24)(H,26,27). The zero-order valence-electron chi connectivity index (χ0n) is 15.4. The van der Waals surface area contributed by atoms with E-state index < -0.39 is 17.4 Å². The van der Waals surface area contributed by atoms with Crippen LogP contribution in [0.3, 0.4) is 0 Å². The Morgan fingerprint density at radius 1 is 1.04 bits per heavy atom. The Hall–Kier alpha value is -3.15. The molecular formula is C21H22N2O4. The maximum absolute atomic E-state index is 12.7. The third-order valence-corrected chi connectivity index (χ3v) is 4.82. The molecule has 140 valence electrons. The number of rotatable bonds is 6. The van der Waals surface area contributed by atoms with Gasteiger partial charge in [-0.25, -0.2) is 4.79 Å². The first-order chi connectivity index (χ1) is 12.9. The van der Waals surface area contributed by atoms with Crippen molar-refractivity contribution < 1.29 is 14.7 Å². The van der Waals surface area contributed by atoms with E-state index in [-0.39, 0.29) is 12.0 Å². The van der Waals surface area contributed by atoms with E-state index in [1.165, 1.54) is 6.92 Å². The van der Waals surface area contributed by atoms with Crippen LogP contribution in [0.2, 0.25) is 0 Å². The fraction of sp³-hybridized carbons (Fsp3) is 0.286. The Bertz CT molecular complexity index is 1030. The fourth-order valence-corrected chi connectivity index (χ4v) is 3.46. The average Bonchev–Trinajstić information content (AvgIpc) is 2.65. The molecule has 1 heterocycles. The Morgan fingerprint density at radius 2 is 1.56 bits per heavy atom. The summed E-state index contributed by atoms with van der Waals surface area (Å²) in [5, 5.41) is 13.2. The molecule has 1 atom stereocenters. The molecule has 0 saturated carbocycles. The van der Waals surface area contributed by atoms with Crippen LogP contribution in [0.5, 0.6) is 0 Å². The Labute approximate surface area is 156 Å². The van der Waals surface area contributed by atoms with Crippen LogP contribution in [0.4, 0.5) is 0 Å². The zero-order valence-corrected chi connectivity index (χ0v) is 15.4. The molecule has 0 radical (unpaired) electrons. The summed E-state index contributed by atoms with van der Waals surface area (Å²) in [5.74, 6) is -1.47. The summed E-state index contributed by atoms with van der Waals surface area (Å²) < 4.78 is 1.76. The summed E-state index contributed by atoms with van der Waals surface area (Å²) in [4.78, 5) is 37.0. The number of nitrogens with one attached hydrogen (secondary N) is 1. The Morgan fingerprint density at radius 3 is 2.04 bits per heavy atom. The van der Waals surface area contributed by atoms with Crippen LogP contribution in [0.25, 0.3) is 21.8 Å². The highest BCUT2D eigenvalue weighted by molar-refractivity contribution is 5.95. The number of benzene rings is 2. The van der Waals surface area contributed by atoms with Crippen molar-refractivity contribution >= 4 is 33.7 Å². The molecule has 3 rings (SSSR count). The van der Waals surface area contributed by atoms with Gasteiger partial charge in [-0.2, -0.15) is 0 Å². The van der Waals surface area contributed by atoms with Crippen molar-refractivity contribution in [2.45, 2.75) is 38.8 Å². The number of hydrogen-bond donors (Lipinski definition) is 2. The molecule has 0 aliphatic rings. The van der Waals surface area contributed by atoms with E-state index in [2.05, 4.69) is 5.32 Å². The van der Waals surface area contributed by atoms with E-state index in [0.29, 0.717) is 34.6 Å². The number of carbonyl (C=O) groups excluding carboxylic acids is 1. The van der Waals surface area contributed by atoms with Gasteiger partial charge < -0.3 is 15.0 Å². The predicted molar refractivity (Wildman–Crippen MR) is 105 cm³/mol. The highest BCUT2D eigenvalue weighted by Gasteiger charge is 2.33. The minimum Gasteiger partial charge on any atom is -0.480 e. The van der Waals surface area contributed by atoms with Crippen molar-refractivity contribution in [2.75, 3.05) is 0 Å². The van der Waals surface area contributed by atoms with E-state index >= 15 is 0 Å². The lowest BCUT2D eigenvalue weighted by atomic mass is 9.96. The van der Waals surface area contributed by atoms with Gasteiger partial charge in [0.25, 0.3) is 0 Å². The average molecular weight is 366 g/mol. The maximum atomic E-state index is 12.7. The Kier molecular flexibility index (Phi) is 4.99. The van der Waals surface area contributed by atoms with Crippen LogP contribution in [-0.4, -0.2) is 27.1 Å². The molecule has 27 heavy (non-hydrogen) atoms. The molecule has 6 heteroatoms. The molecule has 0 aliphatic carbocycles. The number of amides is 1. The molecule has 0 spiro atoms. The van der Waals surface area contributed by atoms with Gasteiger partial charge >= 0.3 is 5.97 Å². The molecule has 1 amide bonds. The van der Waals surface area contributed by atoms with Crippen molar-refractivity contribution in [1.82, 2.24) is 9.88 Å². The molecule has 2 aromatic carbocycles. The van der Waals surface area contributed by atoms with E-state index in [9.17, 15) is 19.5 Å². The lowest BCUT2D eigenvalue weighted by Gasteiger charge is -2.26. The second-order valence-electron chi connectivity index (χ2n) is 6.89. The van der Waals surface area contributed by atoms with Crippen molar-refractivity contribution in [3.05, 3.63) is 58.8 Å². The minimum absolute atomic E-state index is 0.0755. The molecule has 0 bridgehead atoms. The summed E-state index contributed by atoms with van der Waals surface area (Å²) in [6.45, 7) is 3.31. The van der Waals surface area contributed by atoms with Crippen LogP contribution < -0.4 is 10.7 Å². The zero-order chi connectivity index (χ0) is 19.6. The third-order valence-electron chi connectivity index (χ3n) is 4.82. The molecule has 0 aliphatic heterocycles. The smallest absolute Gasteiger partial charge is 0.329 e. The normalized spacial score (nSPS) is 13.4. The molecular weight excluding hydrogens is 344 g/mol. The SMILES string of the molecule is CCCC(C)(NC(=O)Cn1c2ccccc2c(=O)c2ccccc21)C(=O)O. The van der Waals surface area contributed by atoms with Gasteiger partial charge in [0, 0.05) is 10.8 Å². The van der Waals surface area contributed by atoms with Gasteiger partial charge in [-0.15, -0.1) is 0 Å². The van der Waals surface area contributed by atoms with Crippen molar-refractivity contribution in [3.63, 3.8) is 0 Å². The number of fused-ring (bicyclic) bond motifs is 2. The Balaban J connectivity index is 2.08. The molecule has 1 aromatic heterocycles.